The molecule has 1 saturated heterocycles. The van der Waals surface area contributed by atoms with Crippen LogP contribution in [0, 0.1) is 6.92 Å². The summed E-state index contributed by atoms with van der Waals surface area (Å²) < 4.78 is 5.36. The highest BCUT2D eigenvalue weighted by Crippen LogP contribution is 2.36. The fraction of sp³-hybridized carbons (Fsp3) is 0.200. The van der Waals surface area contributed by atoms with Gasteiger partial charge in [-0.25, -0.2) is 4.99 Å². The van der Waals surface area contributed by atoms with Crippen molar-refractivity contribution >= 4 is 46.2 Å². The highest BCUT2D eigenvalue weighted by molar-refractivity contribution is 8.18. The minimum Gasteiger partial charge on any atom is -0.496 e. The number of likely N-dealkylation sites (N-methyl/N-ethyl adjacent to an activating group) is 1. The number of amidine groups is 1. The normalized spacial score (nSPS) is 17.4. The number of halogens is 1. The summed E-state index contributed by atoms with van der Waals surface area (Å²) in [6.07, 6.45) is 1.87. The van der Waals surface area contributed by atoms with Gasteiger partial charge in [-0.3, -0.25) is 9.69 Å². The van der Waals surface area contributed by atoms with E-state index < -0.39 is 0 Å². The number of carbonyl (C=O) groups excluding carboxylic acids is 1. The first-order chi connectivity index (χ1) is 12.5. The van der Waals surface area contributed by atoms with Gasteiger partial charge in [-0.2, -0.15) is 0 Å². The second kappa shape index (κ2) is 7.98. The maximum absolute atomic E-state index is 12.7. The van der Waals surface area contributed by atoms with Crippen LogP contribution in [0.5, 0.6) is 5.75 Å². The van der Waals surface area contributed by atoms with Crippen molar-refractivity contribution < 1.29 is 9.53 Å². The molecule has 134 valence electrons. The lowest BCUT2D eigenvalue weighted by molar-refractivity contribution is -0.122. The maximum Gasteiger partial charge on any atom is 0.266 e. The number of rotatable bonds is 4. The number of para-hydroxylation sites is 1. The molecular weight excluding hydrogens is 368 g/mol. The third kappa shape index (κ3) is 3.79. The van der Waals surface area contributed by atoms with Gasteiger partial charge in [-0.05, 0) is 61.0 Å². The molecule has 0 aliphatic carbocycles. The van der Waals surface area contributed by atoms with Crippen LogP contribution < -0.4 is 4.74 Å². The van der Waals surface area contributed by atoms with Crippen LogP contribution in [-0.4, -0.2) is 29.6 Å². The van der Waals surface area contributed by atoms with Gasteiger partial charge in [-0.15, -0.1) is 0 Å². The number of hydrogen-bond acceptors (Lipinski definition) is 4. The van der Waals surface area contributed by atoms with Crippen molar-refractivity contribution in [1.29, 1.82) is 0 Å². The summed E-state index contributed by atoms with van der Waals surface area (Å²) in [5, 5.41) is 1.20. The second-order valence-corrected chi connectivity index (χ2v) is 7.15. The fourth-order valence-corrected chi connectivity index (χ4v) is 3.83. The van der Waals surface area contributed by atoms with E-state index in [1.54, 1.807) is 18.1 Å². The maximum atomic E-state index is 12.7. The zero-order chi connectivity index (χ0) is 18.7. The van der Waals surface area contributed by atoms with Crippen LogP contribution >= 0.6 is 23.4 Å². The number of benzene rings is 2. The summed E-state index contributed by atoms with van der Waals surface area (Å²) >= 11 is 7.55. The minimum absolute atomic E-state index is 0.0529. The number of aryl methyl sites for hydroxylation is 1. The molecule has 0 saturated carbocycles. The molecule has 1 fully saturated rings. The molecule has 0 aromatic heterocycles. The Morgan fingerprint density at radius 1 is 1.27 bits per heavy atom. The van der Waals surface area contributed by atoms with E-state index in [-0.39, 0.29) is 5.91 Å². The summed E-state index contributed by atoms with van der Waals surface area (Å²) in [5.41, 5.74) is 2.62. The van der Waals surface area contributed by atoms with Crippen LogP contribution in [-0.2, 0) is 4.79 Å². The van der Waals surface area contributed by atoms with Gasteiger partial charge in [-0.1, -0.05) is 35.9 Å². The molecule has 2 aromatic rings. The minimum atomic E-state index is -0.0529. The van der Waals surface area contributed by atoms with Crippen LogP contribution in [0.3, 0.4) is 0 Å². The van der Waals surface area contributed by atoms with Crippen molar-refractivity contribution in [2.45, 2.75) is 13.8 Å². The van der Waals surface area contributed by atoms with Gasteiger partial charge in [0.2, 0.25) is 0 Å². The van der Waals surface area contributed by atoms with E-state index in [0.29, 0.717) is 27.3 Å². The van der Waals surface area contributed by atoms with E-state index in [0.717, 1.165) is 16.9 Å². The number of nitrogens with zero attached hydrogens (tertiary/aromatic N) is 2. The lowest BCUT2D eigenvalue weighted by Gasteiger charge is -2.12. The molecule has 4 nitrogen and oxygen atoms in total. The van der Waals surface area contributed by atoms with E-state index >= 15 is 0 Å². The molecule has 0 unspecified atom stereocenters. The van der Waals surface area contributed by atoms with Gasteiger partial charge in [0.25, 0.3) is 5.91 Å². The molecular formula is C20H19ClN2O2S. The molecule has 0 bridgehead atoms. The van der Waals surface area contributed by atoms with Gasteiger partial charge in [0, 0.05) is 6.54 Å². The van der Waals surface area contributed by atoms with Gasteiger partial charge >= 0.3 is 0 Å². The van der Waals surface area contributed by atoms with Crippen molar-refractivity contribution in [3.8, 4) is 5.75 Å². The van der Waals surface area contributed by atoms with Crippen LogP contribution in [0.25, 0.3) is 6.08 Å². The number of thioether (sulfide) groups is 1. The Labute approximate surface area is 162 Å². The van der Waals surface area contributed by atoms with Crippen molar-refractivity contribution in [3.05, 3.63) is 63.5 Å². The molecule has 0 N–H and O–H groups in total. The molecule has 1 aliphatic heterocycles. The number of amides is 1. The lowest BCUT2D eigenvalue weighted by Crippen LogP contribution is -2.28. The zero-order valence-corrected chi connectivity index (χ0v) is 16.4. The van der Waals surface area contributed by atoms with E-state index in [4.69, 9.17) is 16.3 Å². The molecule has 0 radical (unpaired) electrons. The van der Waals surface area contributed by atoms with E-state index in [1.165, 1.54) is 11.8 Å². The van der Waals surface area contributed by atoms with Crippen molar-refractivity contribution in [1.82, 2.24) is 4.90 Å². The Bertz CT molecular complexity index is 908. The van der Waals surface area contributed by atoms with Gasteiger partial charge < -0.3 is 4.74 Å². The Balaban J connectivity index is 1.96. The first-order valence-electron chi connectivity index (χ1n) is 8.22. The predicted molar refractivity (Wildman–Crippen MR) is 109 cm³/mol. The summed E-state index contributed by atoms with van der Waals surface area (Å²) in [6, 6.07) is 13.2. The monoisotopic (exact) mass is 386 g/mol. The molecule has 0 atom stereocenters. The van der Waals surface area contributed by atoms with Crippen molar-refractivity contribution in [2.24, 2.45) is 4.99 Å². The summed E-state index contributed by atoms with van der Waals surface area (Å²) in [7, 11) is 1.64. The number of aliphatic imine (C=N–C) groups is 1. The summed E-state index contributed by atoms with van der Waals surface area (Å²) in [5.74, 6) is 0.745. The highest BCUT2D eigenvalue weighted by Gasteiger charge is 2.32. The molecule has 3 rings (SSSR count). The molecule has 0 spiro atoms. The number of ether oxygens (including phenoxy) is 1. The standard InChI is InChI=1S/C20H19ClN2O2S/c1-4-23-19(24)18(12-14-10-9-13(2)17(11-14)25-3)26-20(23)22-16-8-6-5-7-15(16)21/h5-12H,4H2,1-3H3/b18-12+,22-20?. The predicted octanol–water partition coefficient (Wildman–Crippen LogP) is 5.28. The van der Waals surface area contributed by atoms with Crippen LogP contribution in [0.1, 0.15) is 18.1 Å². The topological polar surface area (TPSA) is 41.9 Å². The smallest absolute Gasteiger partial charge is 0.266 e. The van der Waals surface area contributed by atoms with E-state index in [9.17, 15) is 4.79 Å². The third-order valence-electron chi connectivity index (χ3n) is 4.00. The fourth-order valence-electron chi connectivity index (χ4n) is 2.59. The second-order valence-electron chi connectivity index (χ2n) is 5.73. The summed E-state index contributed by atoms with van der Waals surface area (Å²) in [4.78, 5) is 19.6. The summed E-state index contributed by atoms with van der Waals surface area (Å²) in [6.45, 7) is 4.46. The molecule has 6 heteroatoms. The van der Waals surface area contributed by atoms with Crippen LogP contribution in [0.4, 0.5) is 5.69 Å². The first kappa shape index (κ1) is 18.5. The SMILES string of the molecule is CCN1C(=O)/C(=C\c2ccc(C)c(OC)c2)SC1=Nc1ccccc1Cl. The van der Waals surface area contributed by atoms with Gasteiger partial charge in [0.15, 0.2) is 5.17 Å². The van der Waals surface area contributed by atoms with E-state index in [1.807, 2.05) is 56.3 Å². The molecule has 26 heavy (non-hydrogen) atoms. The average molecular weight is 387 g/mol. The molecule has 2 aromatic carbocycles. The Hall–Kier alpha value is -2.24. The van der Waals surface area contributed by atoms with Crippen LogP contribution in [0.15, 0.2) is 52.4 Å². The molecule has 1 aliphatic rings. The number of hydrogen-bond donors (Lipinski definition) is 0. The molecule has 1 amide bonds. The first-order valence-corrected chi connectivity index (χ1v) is 9.42. The quantitative estimate of drug-likeness (QED) is 0.671. The highest BCUT2D eigenvalue weighted by atomic mass is 35.5. The van der Waals surface area contributed by atoms with Gasteiger partial charge in [0.1, 0.15) is 5.75 Å². The number of methoxy groups -OCH3 is 1. The lowest BCUT2D eigenvalue weighted by atomic mass is 10.1. The number of carbonyl (C=O) groups is 1. The van der Waals surface area contributed by atoms with Crippen molar-refractivity contribution in [3.63, 3.8) is 0 Å². The zero-order valence-electron chi connectivity index (χ0n) is 14.8. The third-order valence-corrected chi connectivity index (χ3v) is 5.33. The average Bonchev–Trinajstić information content (AvgIpc) is 2.93. The largest absolute Gasteiger partial charge is 0.496 e. The Kier molecular flexibility index (Phi) is 5.69. The van der Waals surface area contributed by atoms with Crippen LogP contribution in [0.2, 0.25) is 5.02 Å². The Morgan fingerprint density at radius 3 is 2.73 bits per heavy atom. The van der Waals surface area contributed by atoms with Crippen molar-refractivity contribution in [2.75, 3.05) is 13.7 Å². The molecule has 1 heterocycles. The Morgan fingerprint density at radius 2 is 2.04 bits per heavy atom. The van der Waals surface area contributed by atoms with Gasteiger partial charge in [0.05, 0.1) is 22.7 Å². The van der Waals surface area contributed by atoms with E-state index in [2.05, 4.69) is 4.99 Å².